The van der Waals surface area contributed by atoms with E-state index in [9.17, 15) is 5.11 Å². The fourth-order valence-electron chi connectivity index (χ4n) is 2.65. The molecule has 1 aliphatic rings. The van der Waals surface area contributed by atoms with Crippen molar-refractivity contribution in [1.29, 1.82) is 0 Å². The maximum Gasteiger partial charge on any atom is 0.0577 e. The highest BCUT2D eigenvalue weighted by Crippen LogP contribution is 2.37. The molecule has 1 aromatic rings. The molecule has 0 bridgehead atoms. The van der Waals surface area contributed by atoms with Crippen molar-refractivity contribution in [3.8, 4) is 12.3 Å². The molecule has 3 unspecified atom stereocenters. The molecule has 1 nitrogen and oxygen atoms in total. The Kier molecular flexibility index (Phi) is 3.64. The molecule has 0 heterocycles. The van der Waals surface area contributed by atoms with Gasteiger partial charge in [-0.2, -0.15) is 0 Å². The molecular formula is C15H18O. The second-order valence-corrected chi connectivity index (χ2v) is 4.66. The summed E-state index contributed by atoms with van der Waals surface area (Å²) in [5, 5.41) is 9.87. The predicted molar refractivity (Wildman–Crippen MR) is 66.0 cm³/mol. The molecule has 1 fully saturated rings. The second-order valence-electron chi connectivity index (χ2n) is 4.66. The summed E-state index contributed by atoms with van der Waals surface area (Å²) in [6, 6.07) is 10.6. The van der Waals surface area contributed by atoms with E-state index in [0.29, 0.717) is 12.3 Å². The van der Waals surface area contributed by atoms with Crippen LogP contribution in [-0.4, -0.2) is 11.2 Å². The van der Waals surface area contributed by atoms with Gasteiger partial charge in [-0.15, -0.1) is 12.3 Å². The van der Waals surface area contributed by atoms with Crippen molar-refractivity contribution in [2.45, 2.75) is 37.7 Å². The summed E-state index contributed by atoms with van der Waals surface area (Å²) >= 11 is 0. The third-order valence-corrected chi connectivity index (χ3v) is 3.59. The minimum atomic E-state index is -0.198. The van der Waals surface area contributed by atoms with Crippen LogP contribution in [0.15, 0.2) is 30.3 Å². The Morgan fingerprint density at radius 1 is 1.25 bits per heavy atom. The molecule has 2 rings (SSSR count). The lowest BCUT2D eigenvalue weighted by atomic mass is 9.75. The topological polar surface area (TPSA) is 20.2 Å². The maximum atomic E-state index is 9.87. The summed E-state index contributed by atoms with van der Waals surface area (Å²) in [6.45, 7) is 0. The fraction of sp³-hybridized carbons (Fsp3) is 0.467. The molecule has 16 heavy (non-hydrogen) atoms. The summed E-state index contributed by atoms with van der Waals surface area (Å²) in [7, 11) is 0. The van der Waals surface area contributed by atoms with Gasteiger partial charge in [-0.1, -0.05) is 30.3 Å². The molecule has 0 saturated heterocycles. The van der Waals surface area contributed by atoms with E-state index < -0.39 is 0 Å². The molecule has 0 aromatic heterocycles. The molecule has 0 amide bonds. The molecule has 0 radical (unpaired) electrons. The largest absolute Gasteiger partial charge is 0.393 e. The molecule has 1 aromatic carbocycles. The van der Waals surface area contributed by atoms with Crippen molar-refractivity contribution in [2.24, 2.45) is 5.92 Å². The Morgan fingerprint density at radius 3 is 2.69 bits per heavy atom. The van der Waals surface area contributed by atoms with Gasteiger partial charge >= 0.3 is 0 Å². The van der Waals surface area contributed by atoms with Gasteiger partial charge in [0.15, 0.2) is 0 Å². The standard InChI is InChI=1S/C15H18O/c1-2-6-14-11-13(9-10-15(14)16)12-7-4-3-5-8-12/h1,3-5,7-8,13-16H,6,9-11H2. The SMILES string of the molecule is C#CCC1CC(c2ccccc2)CCC1O. The van der Waals surface area contributed by atoms with E-state index in [1.54, 1.807) is 0 Å². The minimum Gasteiger partial charge on any atom is -0.393 e. The summed E-state index contributed by atoms with van der Waals surface area (Å²) < 4.78 is 0. The van der Waals surface area contributed by atoms with Crippen molar-refractivity contribution in [3.05, 3.63) is 35.9 Å². The molecule has 1 saturated carbocycles. The van der Waals surface area contributed by atoms with E-state index in [4.69, 9.17) is 6.42 Å². The Bertz CT molecular complexity index is 363. The van der Waals surface area contributed by atoms with Gasteiger partial charge in [0, 0.05) is 6.42 Å². The van der Waals surface area contributed by atoms with E-state index >= 15 is 0 Å². The van der Waals surface area contributed by atoms with Crippen molar-refractivity contribution >= 4 is 0 Å². The molecule has 1 heteroatoms. The average Bonchev–Trinajstić information content (AvgIpc) is 2.33. The highest BCUT2D eigenvalue weighted by Gasteiger charge is 2.29. The Hall–Kier alpha value is -1.26. The van der Waals surface area contributed by atoms with Crippen LogP contribution in [0.2, 0.25) is 0 Å². The van der Waals surface area contributed by atoms with E-state index in [-0.39, 0.29) is 12.0 Å². The minimum absolute atomic E-state index is 0.198. The maximum absolute atomic E-state index is 9.87. The highest BCUT2D eigenvalue weighted by molar-refractivity contribution is 5.20. The van der Waals surface area contributed by atoms with Gasteiger partial charge in [0.25, 0.3) is 0 Å². The Morgan fingerprint density at radius 2 is 2.00 bits per heavy atom. The van der Waals surface area contributed by atoms with Crippen LogP contribution in [-0.2, 0) is 0 Å². The predicted octanol–water partition coefficient (Wildman–Crippen LogP) is 2.95. The number of hydrogen-bond acceptors (Lipinski definition) is 1. The van der Waals surface area contributed by atoms with Crippen LogP contribution >= 0.6 is 0 Å². The molecule has 0 aliphatic heterocycles. The van der Waals surface area contributed by atoms with Crippen LogP contribution in [0, 0.1) is 18.3 Å². The summed E-state index contributed by atoms with van der Waals surface area (Å²) in [5.41, 5.74) is 1.39. The molecular weight excluding hydrogens is 196 g/mol. The zero-order valence-electron chi connectivity index (χ0n) is 9.47. The van der Waals surface area contributed by atoms with Gasteiger partial charge in [0.05, 0.1) is 6.10 Å². The van der Waals surface area contributed by atoms with Crippen LogP contribution in [0.5, 0.6) is 0 Å². The lowest BCUT2D eigenvalue weighted by molar-refractivity contribution is 0.0644. The monoisotopic (exact) mass is 214 g/mol. The number of aliphatic hydroxyl groups is 1. The first kappa shape index (κ1) is 11.2. The fourth-order valence-corrected chi connectivity index (χ4v) is 2.65. The molecule has 0 spiro atoms. The van der Waals surface area contributed by atoms with Crippen molar-refractivity contribution < 1.29 is 5.11 Å². The van der Waals surface area contributed by atoms with Crippen LogP contribution in [0.3, 0.4) is 0 Å². The molecule has 3 atom stereocenters. The van der Waals surface area contributed by atoms with Crippen molar-refractivity contribution in [1.82, 2.24) is 0 Å². The number of rotatable bonds is 2. The number of aliphatic hydroxyl groups excluding tert-OH is 1. The average molecular weight is 214 g/mol. The second kappa shape index (κ2) is 5.18. The third kappa shape index (κ3) is 2.46. The summed E-state index contributed by atoms with van der Waals surface area (Å²) in [4.78, 5) is 0. The van der Waals surface area contributed by atoms with Gasteiger partial charge in [0.2, 0.25) is 0 Å². The van der Waals surface area contributed by atoms with E-state index in [1.807, 2.05) is 6.07 Å². The number of hydrogen-bond donors (Lipinski definition) is 1. The number of benzene rings is 1. The van der Waals surface area contributed by atoms with Crippen LogP contribution in [0.1, 0.15) is 37.2 Å². The van der Waals surface area contributed by atoms with Gasteiger partial charge in [-0.25, -0.2) is 0 Å². The van der Waals surface area contributed by atoms with Crippen molar-refractivity contribution in [2.75, 3.05) is 0 Å². The smallest absolute Gasteiger partial charge is 0.0577 e. The third-order valence-electron chi connectivity index (χ3n) is 3.59. The van der Waals surface area contributed by atoms with E-state index in [0.717, 1.165) is 19.3 Å². The lowest BCUT2D eigenvalue weighted by Crippen LogP contribution is -2.28. The Labute approximate surface area is 97.5 Å². The first-order valence-corrected chi connectivity index (χ1v) is 5.97. The van der Waals surface area contributed by atoms with Crippen LogP contribution < -0.4 is 0 Å². The van der Waals surface area contributed by atoms with Crippen LogP contribution in [0.4, 0.5) is 0 Å². The summed E-state index contributed by atoms with van der Waals surface area (Å²) in [5.74, 6) is 3.53. The lowest BCUT2D eigenvalue weighted by Gasteiger charge is -2.32. The first-order chi connectivity index (χ1) is 7.81. The normalized spacial score (nSPS) is 29.6. The van der Waals surface area contributed by atoms with Gasteiger partial charge in [-0.05, 0) is 36.7 Å². The summed E-state index contributed by atoms with van der Waals surface area (Å²) in [6.07, 6.45) is 8.83. The van der Waals surface area contributed by atoms with E-state index in [1.165, 1.54) is 5.56 Å². The molecule has 1 aliphatic carbocycles. The quantitative estimate of drug-likeness (QED) is 0.750. The van der Waals surface area contributed by atoms with Crippen LogP contribution in [0.25, 0.3) is 0 Å². The molecule has 84 valence electrons. The first-order valence-electron chi connectivity index (χ1n) is 5.97. The zero-order chi connectivity index (χ0) is 11.4. The molecule has 1 N–H and O–H groups in total. The highest BCUT2D eigenvalue weighted by atomic mass is 16.3. The Balaban J connectivity index is 2.06. The zero-order valence-corrected chi connectivity index (χ0v) is 9.47. The number of terminal acetylenes is 1. The van der Waals surface area contributed by atoms with E-state index in [2.05, 4.69) is 30.2 Å². The van der Waals surface area contributed by atoms with Gasteiger partial charge < -0.3 is 5.11 Å². The van der Waals surface area contributed by atoms with Gasteiger partial charge in [-0.3, -0.25) is 0 Å². The van der Waals surface area contributed by atoms with Crippen molar-refractivity contribution in [3.63, 3.8) is 0 Å². The van der Waals surface area contributed by atoms with Gasteiger partial charge in [0.1, 0.15) is 0 Å².